The van der Waals surface area contributed by atoms with Crippen LogP contribution >= 0.6 is 23.4 Å². The molecule has 0 amide bonds. The highest BCUT2D eigenvalue weighted by Crippen LogP contribution is 2.28. The second kappa shape index (κ2) is 5.75. The second-order valence-electron chi connectivity index (χ2n) is 2.12. The van der Waals surface area contributed by atoms with Crippen molar-refractivity contribution in [3.8, 4) is 0 Å². The van der Waals surface area contributed by atoms with E-state index in [1.54, 1.807) is 0 Å². The second-order valence-corrected chi connectivity index (χ2v) is 3.68. The van der Waals surface area contributed by atoms with Crippen LogP contribution in [0, 0.1) is 0 Å². The van der Waals surface area contributed by atoms with Gasteiger partial charge in [-0.1, -0.05) is 24.6 Å². The third-order valence-corrected chi connectivity index (χ3v) is 2.47. The van der Waals surface area contributed by atoms with Crippen molar-refractivity contribution >= 4 is 23.4 Å². The lowest BCUT2D eigenvalue weighted by molar-refractivity contribution is -0.0846. The van der Waals surface area contributed by atoms with E-state index >= 15 is 0 Å². The normalized spacial score (nSPS) is 13.6. The van der Waals surface area contributed by atoms with E-state index in [2.05, 4.69) is 0 Å². The van der Waals surface area contributed by atoms with E-state index in [1.807, 2.05) is 6.92 Å². The zero-order valence-corrected chi connectivity index (χ0v) is 8.19. The standard InChI is InChI=1S/C7H10ClF3S/c1-2-4-12-5-3-6(8)7(9,10)11/h3H,2,4-5H2,1H3. The molecule has 0 aliphatic carbocycles. The summed E-state index contributed by atoms with van der Waals surface area (Å²) in [6, 6.07) is 0. The van der Waals surface area contributed by atoms with Gasteiger partial charge in [0.1, 0.15) is 5.03 Å². The van der Waals surface area contributed by atoms with Crippen molar-refractivity contribution in [3.63, 3.8) is 0 Å². The smallest absolute Gasteiger partial charge is 0.165 e. The van der Waals surface area contributed by atoms with Crippen LogP contribution in [0.15, 0.2) is 11.1 Å². The molecule has 0 aromatic carbocycles. The Kier molecular flexibility index (Phi) is 5.84. The van der Waals surface area contributed by atoms with Crippen LogP contribution in [0.3, 0.4) is 0 Å². The first kappa shape index (κ1) is 12.2. The lowest BCUT2D eigenvalue weighted by Gasteiger charge is -2.03. The summed E-state index contributed by atoms with van der Waals surface area (Å²) < 4.78 is 35.2. The molecule has 0 heterocycles. The number of hydrogen-bond donors (Lipinski definition) is 0. The maximum atomic E-state index is 11.7. The van der Waals surface area contributed by atoms with Crippen molar-refractivity contribution in [2.45, 2.75) is 19.5 Å². The molecule has 0 radical (unpaired) electrons. The zero-order valence-electron chi connectivity index (χ0n) is 6.62. The number of thioether (sulfide) groups is 1. The molecule has 0 aliphatic heterocycles. The molecule has 0 aromatic heterocycles. The lowest BCUT2D eigenvalue weighted by atomic mass is 10.5. The third kappa shape index (κ3) is 5.77. The van der Waals surface area contributed by atoms with Crippen molar-refractivity contribution in [3.05, 3.63) is 11.1 Å². The molecule has 0 bridgehead atoms. The van der Waals surface area contributed by atoms with Gasteiger partial charge in [0.2, 0.25) is 0 Å². The fraction of sp³-hybridized carbons (Fsp3) is 0.714. The van der Waals surface area contributed by atoms with Crippen molar-refractivity contribution in [2.24, 2.45) is 0 Å². The van der Waals surface area contributed by atoms with Crippen LogP contribution in [-0.4, -0.2) is 17.7 Å². The first-order valence-corrected chi connectivity index (χ1v) is 5.02. The van der Waals surface area contributed by atoms with Crippen LogP contribution < -0.4 is 0 Å². The Balaban J connectivity index is 3.70. The topological polar surface area (TPSA) is 0 Å². The Hall–Kier alpha value is 0.170. The summed E-state index contributed by atoms with van der Waals surface area (Å²) in [5.41, 5.74) is 0. The summed E-state index contributed by atoms with van der Waals surface area (Å²) in [5.74, 6) is 1.19. The quantitative estimate of drug-likeness (QED) is 0.647. The van der Waals surface area contributed by atoms with Gasteiger partial charge in [0, 0.05) is 5.75 Å². The Morgan fingerprint density at radius 3 is 2.50 bits per heavy atom. The van der Waals surface area contributed by atoms with E-state index in [9.17, 15) is 13.2 Å². The highest BCUT2D eigenvalue weighted by atomic mass is 35.5. The van der Waals surface area contributed by atoms with Gasteiger partial charge in [0.25, 0.3) is 0 Å². The predicted molar refractivity (Wildman–Crippen MR) is 47.6 cm³/mol. The molecule has 0 N–H and O–H groups in total. The summed E-state index contributed by atoms with van der Waals surface area (Å²) >= 11 is 6.40. The Morgan fingerprint density at radius 1 is 1.50 bits per heavy atom. The van der Waals surface area contributed by atoms with Gasteiger partial charge in [-0.25, -0.2) is 0 Å². The average molecular weight is 219 g/mol. The largest absolute Gasteiger partial charge is 0.426 e. The van der Waals surface area contributed by atoms with Gasteiger partial charge in [-0.15, -0.1) is 0 Å². The minimum absolute atomic E-state index is 0.326. The van der Waals surface area contributed by atoms with Gasteiger partial charge in [-0.05, 0) is 12.2 Å². The Bertz CT molecular complexity index is 153. The Morgan fingerprint density at radius 2 is 2.08 bits per heavy atom. The molecule has 12 heavy (non-hydrogen) atoms. The molecule has 0 aliphatic rings. The number of rotatable bonds is 4. The molecule has 0 fully saturated rings. The predicted octanol–water partition coefficient (Wildman–Crippen LogP) is 3.81. The van der Waals surface area contributed by atoms with Crippen LogP contribution in [0.4, 0.5) is 13.2 Å². The minimum Gasteiger partial charge on any atom is -0.165 e. The van der Waals surface area contributed by atoms with E-state index in [1.165, 1.54) is 11.8 Å². The number of halogens is 4. The van der Waals surface area contributed by atoms with Crippen LogP contribution in [0.2, 0.25) is 0 Å². The molecule has 0 atom stereocenters. The van der Waals surface area contributed by atoms with E-state index < -0.39 is 11.2 Å². The monoisotopic (exact) mass is 218 g/mol. The van der Waals surface area contributed by atoms with Crippen LogP contribution in [0.25, 0.3) is 0 Å². The van der Waals surface area contributed by atoms with Crippen molar-refractivity contribution in [2.75, 3.05) is 11.5 Å². The number of allylic oxidation sites excluding steroid dienone is 1. The van der Waals surface area contributed by atoms with E-state index in [4.69, 9.17) is 11.6 Å². The maximum absolute atomic E-state index is 11.7. The molecule has 0 spiro atoms. The van der Waals surface area contributed by atoms with E-state index in [0.717, 1.165) is 18.2 Å². The molecule has 0 saturated carbocycles. The highest BCUT2D eigenvalue weighted by Gasteiger charge is 2.31. The summed E-state index contributed by atoms with van der Waals surface area (Å²) in [6.45, 7) is 1.97. The number of alkyl halides is 3. The first-order valence-electron chi connectivity index (χ1n) is 3.49. The average Bonchev–Trinajstić information content (AvgIpc) is 1.96. The lowest BCUT2D eigenvalue weighted by Crippen LogP contribution is -2.07. The van der Waals surface area contributed by atoms with Gasteiger partial charge in [0.05, 0.1) is 0 Å². The molecule has 0 nitrogen and oxygen atoms in total. The highest BCUT2D eigenvalue weighted by molar-refractivity contribution is 7.99. The fourth-order valence-electron chi connectivity index (χ4n) is 0.475. The summed E-state index contributed by atoms with van der Waals surface area (Å²) in [4.78, 5) is 0. The SMILES string of the molecule is CCCSCC=C(Cl)C(F)(F)F. The molecule has 0 aromatic rings. The molecule has 0 unspecified atom stereocenters. The third-order valence-electron chi connectivity index (χ3n) is 1.000. The Labute approximate surface area is 79.2 Å². The molecule has 0 rings (SSSR count). The molecular weight excluding hydrogens is 209 g/mol. The molecule has 72 valence electrons. The van der Waals surface area contributed by atoms with Crippen LogP contribution in [0.1, 0.15) is 13.3 Å². The van der Waals surface area contributed by atoms with Crippen LogP contribution in [0.5, 0.6) is 0 Å². The van der Waals surface area contributed by atoms with Gasteiger partial charge in [0.15, 0.2) is 0 Å². The number of hydrogen-bond acceptors (Lipinski definition) is 1. The van der Waals surface area contributed by atoms with Crippen molar-refractivity contribution in [1.29, 1.82) is 0 Å². The molecule has 5 heteroatoms. The van der Waals surface area contributed by atoms with Gasteiger partial charge in [-0.2, -0.15) is 24.9 Å². The van der Waals surface area contributed by atoms with Gasteiger partial charge < -0.3 is 0 Å². The molecular formula is C7H10ClF3S. The maximum Gasteiger partial charge on any atom is 0.426 e. The van der Waals surface area contributed by atoms with Gasteiger partial charge in [-0.3, -0.25) is 0 Å². The fourth-order valence-corrected chi connectivity index (χ4v) is 1.38. The zero-order chi connectivity index (χ0) is 9.61. The molecule has 0 saturated heterocycles. The van der Waals surface area contributed by atoms with Crippen LogP contribution in [-0.2, 0) is 0 Å². The van der Waals surface area contributed by atoms with E-state index in [-0.39, 0.29) is 0 Å². The van der Waals surface area contributed by atoms with Gasteiger partial charge >= 0.3 is 6.18 Å². The van der Waals surface area contributed by atoms with E-state index in [0.29, 0.717) is 5.75 Å². The summed E-state index contributed by atoms with van der Waals surface area (Å²) in [5, 5.41) is -1.02. The first-order chi connectivity index (χ1) is 5.48. The minimum atomic E-state index is -4.38. The summed E-state index contributed by atoms with van der Waals surface area (Å²) in [7, 11) is 0. The van der Waals surface area contributed by atoms with Crippen molar-refractivity contribution < 1.29 is 13.2 Å². The van der Waals surface area contributed by atoms with Crippen molar-refractivity contribution in [1.82, 2.24) is 0 Å². The summed E-state index contributed by atoms with van der Waals surface area (Å²) in [6.07, 6.45) is -2.42.